The summed E-state index contributed by atoms with van der Waals surface area (Å²) in [5, 5.41) is 3.13. The lowest BCUT2D eigenvalue weighted by molar-refractivity contribution is -0.122. The Morgan fingerprint density at radius 3 is 2.25 bits per heavy atom. The van der Waals surface area contributed by atoms with Gasteiger partial charge in [0.2, 0.25) is 5.91 Å². The molecule has 0 saturated carbocycles. The van der Waals surface area contributed by atoms with Crippen LogP contribution in [0.1, 0.15) is 22.7 Å². The molecule has 0 bridgehead atoms. The first-order valence-electron chi connectivity index (χ1n) is 11.1. The van der Waals surface area contributed by atoms with E-state index in [4.69, 9.17) is 4.74 Å². The Morgan fingerprint density at radius 2 is 1.59 bits per heavy atom. The Morgan fingerprint density at radius 1 is 0.938 bits per heavy atom. The van der Waals surface area contributed by atoms with Crippen molar-refractivity contribution in [3.05, 3.63) is 95.6 Å². The summed E-state index contributed by atoms with van der Waals surface area (Å²) < 4.78 is 5.47. The molecular formula is C27H31N3O2. The van der Waals surface area contributed by atoms with Crippen molar-refractivity contribution in [1.29, 1.82) is 0 Å². The minimum Gasteiger partial charge on any atom is -0.495 e. The lowest BCUT2D eigenvalue weighted by Gasteiger charge is -2.39. The second kappa shape index (κ2) is 10.4. The lowest BCUT2D eigenvalue weighted by Crippen LogP contribution is -2.49. The number of methoxy groups -OCH3 is 1. The maximum Gasteiger partial charge on any atom is 0.246 e. The van der Waals surface area contributed by atoms with Crippen LogP contribution in [0.2, 0.25) is 0 Å². The van der Waals surface area contributed by atoms with Gasteiger partial charge in [-0.15, -0.1) is 0 Å². The van der Waals surface area contributed by atoms with Crippen molar-refractivity contribution in [3.63, 3.8) is 0 Å². The van der Waals surface area contributed by atoms with Crippen molar-refractivity contribution in [2.75, 3.05) is 38.6 Å². The number of nitrogens with one attached hydrogen (secondary N) is 1. The summed E-state index contributed by atoms with van der Waals surface area (Å²) in [7, 11) is 1.63. The van der Waals surface area contributed by atoms with Crippen LogP contribution in [0.25, 0.3) is 0 Å². The molecule has 1 amide bonds. The monoisotopic (exact) mass is 429 g/mol. The predicted octanol–water partition coefficient (Wildman–Crippen LogP) is 4.50. The highest BCUT2D eigenvalue weighted by molar-refractivity contribution is 5.96. The topological polar surface area (TPSA) is 44.8 Å². The number of benzene rings is 3. The molecule has 1 aliphatic heterocycles. The van der Waals surface area contributed by atoms with E-state index in [0.717, 1.165) is 43.9 Å². The molecule has 32 heavy (non-hydrogen) atoms. The lowest BCUT2D eigenvalue weighted by atomic mass is 10.0. The third-order valence-corrected chi connectivity index (χ3v) is 6.00. The number of rotatable bonds is 7. The first kappa shape index (κ1) is 22.1. The van der Waals surface area contributed by atoms with Gasteiger partial charge in [-0.1, -0.05) is 66.7 Å². The van der Waals surface area contributed by atoms with Gasteiger partial charge in [0, 0.05) is 32.7 Å². The Balaban J connectivity index is 1.49. The second-order valence-electron chi connectivity index (χ2n) is 8.30. The van der Waals surface area contributed by atoms with Gasteiger partial charge in [-0.05, 0) is 35.7 Å². The van der Waals surface area contributed by atoms with Gasteiger partial charge in [-0.3, -0.25) is 14.6 Å². The number of hydrogen-bond acceptors (Lipinski definition) is 4. The summed E-state index contributed by atoms with van der Waals surface area (Å²) in [6.07, 6.45) is 0. The number of nitrogens with zero attached hydrogens (tertiary/aromatic N) is 2. The van der Waals surface area contributed by atoms with E-state index in [0.29, 0.717) is 11.4 Å². The number of hydrogen-bond donors (Lipinski definition) is 1. The minimum atomic E-state index is -0.347. The van der Waals surface area contributed by atoms with Gasteiger partial charge in [0.15, 0.2) is 0 Å². The van der Waals surface area contributed by atoms with E-state index in [9.17, 15) is 4.79 Å². The van der Waals surface area contributed by atoms with Crippen LogP contribution in [0.3, 0.4) is 0 Å². The van der Waals surface area contributed by atoms with Gasteiger partial charge in [0.1, 0.15) is 11.8 Å². The Hall–Kier alpha value is -3.15. The van der Waals surface area contributed by atoms with Gasteiger partial charge in [-0.2, -0.15) is 0 Å². The molecule has 1 N–H and O–H groups in total. The van der Waals surface area contributed by atoms with E-state index in [2.05, 4.69) is 39.4 Å². The summed E-state index contributed by atoms with van der Waals surface area (Å²) in [5.41, 5.74) is 4.12. The van der Waals surface area contributed by atoms with Crippen molar-refractivity contribution in [3.8, 4) is 5.75 Å². The van der Waals surface area contributed by atoms with Crippen molar-refractivity contribution in [1.82, 2.24) is 9.80 Å². The molecule has 1 atom stereocenters. The Kier molecular flexibility index (Phi) is 7.20. The normalized spacial score (nSPS) is 15.8. The van der Waals surface area contributed by atoms with Gasteiger partial charge >= 0.3 is 0 Å². The molecule has 1 saturated heterocycles. The second-order valence-corrected chi connectivity index (χ2v) is 8.30. The average molecular weight is 430 g/mol. The molecule has 0 unspecified atom stereocenters. The van der Waals surface area contributed by atoms with Gasteiger partial charge in [0.25, 0.3) is 0 Å². The number of amides is 1. The molecule has 5 heteroatoms. The number of aryl methyl sites for hydroxylation is 1. The fraction of sp³-hybridized carbons (Fsp3) is 0.296. The van der Waals surface area contributed by atoms with E-state index in [1.807, 2.05) is 61.5 Å². The van der Waals surface area contributed by atoms with E-state index in [-0.39, 0.29) is 11.9 Å². The molecule has 5 nitrogen and oxygen atoms in total. The van der Waals surface area contributed by atoms with Crippen LogP contribution < -0.4 is 10.1 Å². The number of piperazine rings is 1. The maximum absolute atomic E-state index is 13.5. The van der Waals surface area contributed by atoms with Crippen LogP contribution in [-0.4, -0.2) is 49.0 Å². The first-order valence-corrected chi connectivity index (χ1v) is 11.1. The molecule has 3 aromatic rings. The molecule has 1 heterocycles. The average Bonchev–Trinajstić information content (AvgIpc) is 2.82. The van der Waals surface area contributed by atoms with Gasteiger partial charge in [-0.25, -0.2) is 0 Å². The largest absolute Gasteiger partial charge is 0.495 e. The van der Waals surface area contributed by atoms with E-state index in [1.165, 1.54) is 5.56 Å². The third-order valence-electron chi connectivity index (χ3n) is 6.00. The van der Waals surface area contributed by atoms with Crippen LogP contribution in [0.15, 0.2) is 78.9 Å². The van der Waals surface area contributed by atoms with Crippen molar-refractivity contribution < 1.29 is 9.53 Å². The molecule has 3 aromatic carbocycles. The highest BCUT2D eigenvalue weighted by atomic mass is 16.5. The summed E-state index contributed by atoms with van der Waals surface area (Å²) in [6.45, 7) is 6.49. The van der Waals surface area contributed by atoms with Crippen LogP contribution in [0.4, 0.5) is 5.69 Å². The van der Waals surface area contributed by atoms with Crippen LogP contribution >= 0.6 is 0 Å². The van der Waals surface area contributed by atoms with Crippen LogP contribution in [0.5, 0.6) is 5.75 Å². The summed E-state index contributed by atoms with van der Waals surface area (Å²) in [6, 6.07) is 26.1. The predicted molar refractivity (Wildman–Crippen MR) is 129 cm³/mol. The third kappa shape index (κ3) is 5.36. The zero-order valence-corrected chi connectivity index (χ0v) is 18.8. The minimum absolute atomic E-state index is 0.0309. The molecule has 166 valence electrons. The van der Waals surface area contributed by atoms with E-state index >= 15 is 0 Å². The summed E-state index contributed by atoms with van der Waals surface area (Å²) >= 11 is 0. The van der Waals surface area contributed by atoms with Gasteiger partial charge < -0.3 is 10.1 Å². The fourth-order valence-corrected chi connectivity index (χ4v) is 4.31. The van der Waals surface area contributed by atoms with Crippen molar-refractivity contribution >= 4 is 11.6 Å². The molecule has 4 rings (SSSR count). The molecule has 0 spiro atoms. The van der Waals surface area contributed by atoms with Crippen molar-refractivity contribution in [2.24, 2.45) is 0 Å². The maximum atomic E-state index is 13.5. The van der Waals surface area contributed by atoms with Crippen LogP contribution in [-0.2, 0) is 11.3 Å². The Bertz CT molecular complexity index is 1020. The summed E-state index contributed by atoms with van der Waals surface area (Å²) in [5.74, 6) is 0.639. The fourth-order valence-electron chi connectivity index (χ4n) is 4.31. The number of carbonyl (C=O) groups excluding carboxylic acids is 1. The molecule has 0 aromatic heterocycles. The number of carbonyl (C=O) groups is 1. The smallest absolute Gasteiger partial charge is 0.246 e. The van der Waals surface area contributed by atoms with Gasteiger partial charge in [0.05, 0.1) is 12.8 Å². The quantitative estimate of drug-likeness (QED) is 0.601. The zero-order valence-electron chi connectivity index (χ0n) is 18.8. The standard InChI is InChI=1S/C27H31N3O2/c1-21-13-14-25(32-2)24(19-21)28-27(31)26(23-11-7-4-8-12-23)30-17-15-29(16-18-30)20-22-9-5-3-6-10-22/h3-14,19,26H,15-18,20H2,1-2H3,(H,28,31)/t26-/m0/s1. The molecule has 1 aliphatic rings. The summed E-state index contributed by atoms with van der Waals surface area (Å²) in [4.78, 5) is 18.3. The highest BCUT2D eigenvalue weighted by Crippen LogP contribution is 2.29. The Labute approximate surface area is 190 Å². The van der Waals surface area contributed by atoms with E-state index < -0.39 is 0 Å². The van der Waals surface area contributed by atoms with Crippen LogP contribution in [0, 0.1) is 6.92 Å². The molecule has 1 fully saturated rings. The SMILES string of the molecule is COc1ccc(C)cc1NC(=O)[C@H](c1ccccc1)N1CCN(Cc2ccccc2)CC1. The molecule has 0 aliphatic carbocycles. The molecule has 0 radical (unpaired) electrons. The first-order chi connectivity index (χ1) is 15.6. The van der Waals surface area contributed by atoms with E-state index in [1.54, 1.807) is 7.11 Å². The van der Waals surface area contributed by atoms with Crippen molar-refractivity contribution in [2.45, 2.75) is 19.5 Å². The molecular weight excluding hydrogens is 398 g/mol. The number of anilines is 1. The number of ether oxygens (including phenoxy) is 1. The zero-order chi connectivity index (χ0) is 22.3. The highest BCUT2D eigenvalue weighted by Gasteiger charge is 2.31.